The lowest BCUT2D eigenvalue weighted by Gasteiger charge is -2.11. The largest absolute Gasteiger partial charge is 0.282 e. The molecule has 0 fully saturated rings. The van der Waals surface area contributed by atoms with Crippen LogP contribution >= 0.6 is 15.9 Å². The molecule has 0 aliphatic heterocycles. The van der Waals surface area contributed by atoms with Gasteiger partial charge in [-0.15, -0.1) is 5.10 Å². The van der Waals surface area contributed by atoms with Gasteiger partial charge in [0.25, 0.3) is 10.0 Å². The summed E-state index contributed by atoms with van der Waals surface area (Å²) >= 11 is 2.92. The fourth-order valence-electron chi connectivity index (χ4n) is 1.54. The van der Waals surface area contributed by atoms with Crippen LogP contribution in [0.3, 0.4) is 0 Å². The molecule has 1 aromatic carbocycles. The van der Waals surface area contributed by atoms with Crippen LogP contribution in [-0.2, 0) is 17.1 Å². The van der Waals surface area contributed by atoms with Crippen LogP contribution in [0, 0.1) is 18.6 Å². The standard InChI is InChI=1S/C10H9BrF2N4O2S/c1-5-3-4-6(12)8(7(5)13)15-20(18,19)10-9(11)14-16-17(10)2/h3-4,15H,1-2H3. The number of aryl methyl sites for hydroxylation is 2. The van der Waals surface area contributed by atoms with Crippen LogP contribution < -0.4 is 4.72 Å². The number of rotatable bonds is 3. The van der Waals surface area contributed by atoms with Gasteiger partial charge in [0.05, 0.1) is 0 Å². The van der Waals surface area contributed by atoms with Gasteiger partial charge >= 0.3 is 0 Å². The fraction of sp³-hybridized carbons (Fsp3) is 0.200. The number of nitrogens with zero attached hydrogens (tertiary/aromatic N) is 3. The van der Waals surface area contributed by atoms with Crippen LogP contribution in [-0.4, -0.2) is 23.4 Å². The molecule has 0 bridgehead atoms. The SMILES string of the molecule is Cc1ccc(F)c(NS(=O)(=O)c2c(Br)nnn2C)c1F. The number of halogens is 3. The first kappa shape index (κ1) is 14.9. The maximum atomic E-state index is 13.8. The minimum absolute atomic E-state index is 0.0547. The van der Waals surface area contributed by atoms with E-state index in [2.05, 4.69) is 26.2 Å². The van der Waals surface area contributed by atoms with Gasteiger partial charge in [-0.2, -0.15) is 8.42 Å². The molecule has 1 N–H and O–H groups in total. The third-order valence-electron chi connectivity index (χ3n) is 2.51. The molecule has 10 heteroatoms. The van der Waals surface area contributed by atoms with Crippen molar-refractivity contribution in [3.63, 3.8) is 0 Å². The van der Waals surface area contributed by atoms with Crippen molar-refractivity contribution in [3.05, 3.63) is 33.9 Å². The molecule has 0 saturated carbocycles. The normalized spacial score (nSPS) is 11.7. The first-order chi connectivity index (χ1) is 9.24. The summed E-state index contributed by atoms with van der Waals surface area (Å²) in [5.74, 6) is -1.98. The van der Waals surface area contributed by atoms with Crippen molar-refractivity contribution in [2.75, 3.05) is 4.72 Å². The number of hydrogen-bond donors (Lipinski definition) is 1. The molecule has 2 aromatic rings. The molecule has 0 unspecified atom stereocenters. The summed E-state index contributed by atoms with van der Waals surface area (Å²) < 4.78 is 54.5. The number of aromatic nitrogens is 3. The Labute approximate surface area is 122 Å². The summed E-state index contributed by atoms with van der Waals surface area (Å²) in [5, 5.41) is 6.67. The van der Waals surface area contributed by atoms with Crippen LogP contribution in [0.25, 0.3) is 0 Å². The monoisotopic (exact) mass is 366 g/mol. The third kappa shape index (κ3) is 2.52. The van der Waals surface area contributed by atoms with Gasteiger partial charge in [0.1, 0.15) is 11.5 Å². The lowest BCUT2D eigenvalue weighted by molar-refractivity contribution is 0.569. The Morgan fingerprint density at radius 1 is 1.35 bits per heavy atom. The van der Waals surface area contributed by atoms with Gasteiger partial charge in [0, 0.05) is 7.05 Å². The molecule has 20 heavy (non-hydrogen) atoms. The minimum atomic E-state index is -4.23. The lowest BCUT2D eigenvalue weighted by Crippen LogP contribution is -2.19. The van der Waals surface area contributed by atoms with Gasteiger partial charge in [-0.25, -0.2) is 13.5 Å². The third-order valence-corrected chi connectivity index (χ3v) is 4.75. The summed E-state index contributed by atoms with van der Waals surface area (Å²) in [4.78, 5) is 0. The maximum absolute atomic E-state index is 13.8. The Morgan fingerprint density at radius 3 is 2.55 bits per heavy atom. The summed E-state index contributed by atoms with van der Waals surface area (Å²) in [6, 6.07) is 2.19. The molecule has 108 valence electrons. The second-order valence-electron chi connectivity index (χ2n) is 3.97. The molecule has 0 atom stereocenters. The van der Waals surface area contributed by atoms with Gasteiger partial charge in [-0.05, 0) is 34.5 Å². The summed E-state index contributed by atoms with van der Waals surface area (Å²) in [6.45, 7) is 1.40. The number of nitrogens with one attached hydrogen (secondary N) is 1. The minimum Gasteiger partial charge on any atom is -0.272 e. The van der Waals surface area contributed by atoms with Gasteiger partial charge in [-0.3, -0.25) is 4.72 Å². The highest BCUT2D eigenvalue weighted by Crippen LogP contribution is 2.26. The number of hydrogen-bond acceptors (Lipinski definition) is 4. The first-order valence-electron chi connectivity index (χ1n) is 5.26. The zero-order chi connectivity index (χ0) is 15.1. The van der Waals surface area contributed by atoms with Crippen LogP contribution in [0.15, 0.2) is 21.8 Å². The summed E-state index contributed by atoms with van der Waals surface area (Å²) in [7, 11) is -2.89. The van der Waals surface area contributed by atoms with Crippen molar-refractivity contribution in [1.29, 1.82) is 0 Å². The average Bonchev–Trinajstić information content (AvgIpc) is 2.70. The smallest absolute Gasteiger partial charge is 0.272 e. The van der Waals surface area contributed by atoms with Crippen LogP contribution in [0.1, 0.15) is 5.56 Å². The molecule has 1 aromatic heterocycles. The van der Waals surface area contributed by atoms with Crippen LogP contribution in [0.2, 0.25) is 0 Å². The Bertz CT molecular complexity index is 756. The Kier molecular flexibility index (Phi) is 3.78. The van der Waals surface area contributed by atoms with E-state index < -0.39 is 27.3 Å². The van der Waals surface area contributed by atoms with E-state index in [1.807, 2.05) is 4.72 Å². The van der Waals surface area contributed by atoms with E-state index >= 15 is 0 Å². The van der Waals surface area contributed by atoms with Crippen molar-refractivity contribution in [3.8, 4) is 0 Å². The van der Waals surface area contributed by atoms with Crippen molar-refractivity contribution in [2.45, 2.75) is 11.9 Å². The van der Waals surface area contributed by atoms with E-state index in [1.54, 1.807) is 0 Å². The van der Waals surface area contributed by atoms with E-state index in [0.29, 0.717) is 0 Å². The molecule has 0 radical (unpaired) electrons. The second kappa shape index (κ2) is 5.09. The van der Waals surface area contributed by atoms with Crippen molar-refractivity contribution >= 4 is 31.6 Å². The predicted octanol–water partition coefficient (Wildman–Crippen LogP) is 1.97. The summed E-state index contributed by atoms with van der Waals surface area (Å²) in [6.07, 6.45) is 0. The maximum Gasteiger partial charge on any atom is 0.282 e. The highest BCUT2D eigenvalue weighted by Gasteiger charge is 2.26. The second-order valence-corrected chi connectivity index (χ2v) is 6.32. The first-order valence-corrected chi connectivity index (χ1v) is 7.54. The van der Waals surface area contributed by atoms with Crippen molar-refractivity contribution in [1.82, 2.24) is 15.0 Å². The number of anilines is 1. The zero-order valence-electron chi connectivity index (χ0n) is 10.4. The predicted molar refractivity (Wildman–Crippen MR) is 70.6 cm³/mol. The van der Waals surface area contributed by atoms with Crippen molar-refractivity contribution < 1.29 is 17.2 Å². The molecule has 0 amide bonds. The Morgan fingerprint density at radius 2 is 2.00 bits per heavy atom. The van der Waals surface area contributed by atoms with Gasteiger partial charge in [0.2, 0.25) is 5.03 Å². The van der Waals surface area contributed by atoms with E-state index in [0.717, 1.165) is 10.7 Å². The van der Waals surface area contributed by atoms with Gasteiger partial charge in [0.15, 0.2) is 10.4 Å². The molecule has 0 spiro atoms. The highest BCUT2D eigenvalue weighted by atomic mass is 79.9. The Balaban J connectivity index is 2.53. The van der Waals surface area contributed by atoms with Gasteiger partial charge < -0.3 is 0 Å². The summed E-state index contributed by atoms with van der Waals surface area (Å²) in [5.41, 5.74) is -0.621. The Hall–Kier alpha value is -1.55. The van der Waals surface area contributed by atoms with Crippen LogP contribution in [0.4, 0.5) is 14.5 Å². The molecule has 0 aliphatic carbocycles. The average molecular weight is 367 g/mol. The quantitative estimate of drug-likeness (QED) is 0.900. The fourth-order valence-corrected chi connectivity index (χ4v) is 3.71. The molecule has 6 nitrogen and oxygen atoms in total. The molecule has 0 saturated heterocycles. The topological polar surface area (TPSA) is 76.9 Å². The van der Waals surface area contributed by atoms with E-state index in [9.17, 15) is 17.2 Å². The van der Waals surface area contributed by atoms with Crippen molar-refractivity contribution in [2.24, 2.45) is 7.05 Å². The number of sulfonamides is 1. The van der Waals surface area contributed by atoms with E-state index in [4.69, 9.17) is 0 Å². The molecular weight excluding hydrogens is 358 g/mol. The molecule has 0 aliphatic rings. The van der Waals surface area contributed by atoms with Crippen LogP contribution in [0.5, 0.6) is 0 Å². The number of benzene rings is 1. The lowest BCUT2D eigenvalue weighted by atomic mass is 10.2. The molecule has 2 rings (SSSR count). The zero-order valence-corrected chi connectivity index (χ0v) is 12.8. The van der Waals surface area contributed by atoms with E-state index in [-0.39, 0.29) is 15.2 Å². The molecular formula is C10H9BrF2N4O2S. The molecule has 1 heterocycles. The van der Waals surface area contributed by atoms with E-state index in [1.165, 1.54) is 20.0 Å². The van der Waals surface area contributed by atoms with Gasteiger partial charge in [-0.1, -0.05) is 11.3 Å². The highest BCUT2D eigenvalue weighted by molar-refractivity contribution is 9.10.